The summed E-state index contributed by atoms with van der Waals surface area (Å²) in [5.74, 6) is 0.858. The Morgan fingerprint density at radius 3 is 1.58 bits per heavy atom. The first-order chi connectivity index (χ1) is 23.3. The van der Waals surface area contributed by atoms with Gasteiger partial charge in [-0.2, -0.15) is 0 Å². The molecule has 7 aromatic carbocycles. The maximum Gasteiger partial charge on any atom is 0.137 e. The van der Waals surface area contributed by atoms with Gasteiger partial charge < -0.3 is 10.6 Å². The van der Waals surface area contributed by atoms with Gasteiger partial charge >= 0.3 is 0 Å². The summed E-state index contributed by atoms with van der Waals surface area (Å²) in [5, 5.41) is 7.17. The van der Waals surface area contributed by atoms with Crippen LogP contribution in [0.2, 0.25) is 0 Å². The molecule has 0 bridgehead atoms. The molecule has 4 nitrogen and oxygen atoms in total. The molecule has 234 valence electrons. The highest BCUT2D eigenvalue weighted by Gasteiger charge is 2.25. The summed E-state index contributed by atoms with van der Waals surface area (Å²) in [4.78, 5) is 9.58. The van der Waals surface area contributed by atoms with Crippen molar-refractivity contribution in [3.63, 3.8) is 0 Å². The number of aromatic nitrogens is 1. The molecule has 2 N–H and O–H groups in total. The summed E-state index contributed by atoms with van der Waals surface area (Å²) in [5.41, 5.74) is 15.2. The maximum atomic E-state index is 6.66. The van der Waals surface area contributed by atoms with E-state index in [1.165, 1.54) is 38.1 Å². The number of rotatable bonds is 7. The summed E-state index contributed by atoms with van der Waals surface area (Å²) >= 11 is 0. The fraction of sp³-hybridized carbons (Fsp3) is 0.114. The lowest BCUT2D eigenvalue weighted by molar-refractivity contribution is 0.556. The minimum atomic E-state index is -0.461. The van der Waals surface area contributed by atoms with Crippen molar-refractivity contribution >= 4 is 66.6 Å². The van der Waals surface area contributed by atoms with E-state index in [0.717, 1.165) is 45.2 Å². The average Bonchev–Trinajstić information content (AvgIpc) is 3.10. The molecule has 0 aliphatic rings. The van der Waals surface area contributed by atoms with Crippen LogP contribution in [0.4, 0.5) is 34.3 Å². The van der Waals surface area contributed by atoms with Gasteiger partial charge in [0.2, 0.25) is 0 Å². The molecule has 0 aliphatic heterocycles. The highest BCUT2D eigenvalue weighted by molar-refractivity contribution is 6.29. The second-order valence-electron chi connectivity index (χ2n) is 13.4. The zero-order valence-corrected chi connectivity index (χ0v) is 27.8. The van der Waals surface area contributed by atoms with Gasteiger partial charge in [-0.25, -0.2) is 4.98 Å². The van der Waals surface area contributed by atoms with E-state index in [9.17, 15) is 0 Å². The van der Waals surface area contributed by atoms with E-state index in [4.69, 9.17) is 10.7 Å². The molecule has 0 saturated carbocycles. The largest absolute Gasteiger partial charge is 0.322 e. The van der Waals surface area contributed by atoms with Gasteiger partial charge in [-0.3, -0.25) is 4.90 Å². The van der Waals surface area contributed by atoms with Crippen LogP contribution in [0.1, 0.15) is 30.5 Å². The topological polar surface area (TPSA) is 45.4 Å². The first-order valence-electron chi connectivity index (χ1n) is 16.5. The average molecular weight is 623 g/mol. The van der Waals surface area contributed by atoms with Crippen molar-refractivity contribution < 1.29 is 0 Å². The van der Waals surface area contributed by atoms with Crippen LogP contribution in [-0.2, 0) is 5.54 Å². The van der Waals surface area contributed by atoms with Gasteiger partial charge in [0.1, 0.15) is 5.82 Å². The molecule has 0 amide bonds. The number of para-hydroxylation sites is 1. The molecule has 8 aromatic rings. The Bertz CT molecular complexity index is 2220. The van der Waals surface area contributed by atoms with Gasteiger partial charge in [-0.1, -0.05) is 83.9 Å². The van der Waals surface area contributed by atoms with Gasteiger partial charge in [0.25, 0.3) is 0 Å². The Morgan fingerprint density at radius 2 is 1.04 bits per heavy atom. The predicted molar refractivity (Wildman–Crippen MR) is 204 cm³/mol. The molecule has 0 unspecified atom stereocenters. The van der Waals surface area contributed by atoms with E-state index in [1.807, 2.05) is 12.3 Å². The molecule has 8 rings (SSSR count). The van der Waals surface area contributed by atoms with Crippen molar-refractivity contribution in [2.45, 2.75) is 33.2 Å². The van der Waals surface area contributed by atoms with Gasteiger partial charge in [-0.05, 0) is 116 Å². The summed E-state index contributed by atoms with van der Waals surface area (Å²) in [7, 11) is 0. The van der Waals surface area contributed by atoms with Crippen LogP contribution in [0.25, 0.3) is 32.3 Å². The van der Waals surface area contributed by atoms with Crippen molar-refractivity contribution in [1.29, 1.82) is 0 Å². The Labute approximate surface area is 282 Å². The zero-order valence-electron chi connectivity index (χ0n) is 27.8. The van der Waals surface area contributed by atoms with Crippen molar-refractivity contribution in [3.8, 4) is 0 Å². The van der Waals surface area contributed by atoms with Crippen LogP contribution >= 0.6 is 0 Å². The number of nitrogens with zero attached hydrogens (tertiary/aromatic N) is 3. The van der Waals surface area contributed by atoms with Crippen molar-refractivity contribution in [2.75, 3.05) is 9.80 Å². The lowest BCUT2D eigenvalue weighted by Gasteiger charge is -2.32. The fourth-order valence-corrected chi connectivity index (χ4v) is 6.89. The van der Waals surface area contributed by atoms with Crippen molar-refractivity contribution in [3.05, 3.63) is 162 Å². The molecule has 0 atom stereocenters. The van der Waals surface area contributed by atoms with E-state index in [0.29, 0.717) is 0 Å². The van der Waals surface area contributed by atoms with E-state index < -0.39 is 5.54 Å². The highest BCUT2D eigenvalue weighted by Crippen LogP contribution is 2.50. The molecular weight excluding hydrogens is 585 g/mol. The third-order valence-electron chi connectivity index (χ3n) is 9.38. The minimum absolute atomic E-state index is 0.461. The predicted octanol–water partition coefficient (Wildman–Crippen LogP) is 11.7. The van der Waals surface area contributed by atoms with E-state index in [-0.39, 0.29) is 0 Å². The van der Waals surface area contributed by atoms with Crippen LogP contribution in [0.3, 0.4) is 0 Å². The Hall–Kier alpha value is -5.71. The number of pyridine rings is 1. The van der Waals surface area contributed by atoms with Gasteiger partial charge in [0.05, 0.1) is 11.4 Å². The van der Waals surface area contributed by atoms with E-state index >= 15 is 0 Å². The molecule has 0 aliphatic carbocycles. The monoisotopic (exact) mass is 622 g/mol. The van der Waals surface area contributed by atoms with Crippen LogP contribution in [0, 0.1) is 13.8 Å². The second-order valence-corrected chi connectivity index (χ2v) is 13.4. The second kappa shape index (κ2) is 11.5. The standard InChI is InChI=1S/C44H38N4/c1-29-13-19-35(20-14-29)47(34-10-6-5-7-11-34)39-28-40(48(41-12-8-9-25-46-41)36-21-15-30(2)16-22-36)38-24-18-32-27-33(44(3,4)45)26-31-17-23-37(39)43(38)42(31)32/h5-28H,45H2,1-4H3. The van der Waals surface area contributed by atoms with Crippen LogP contribution < -0.4 is 15.5 Å². The molecular formula is C44H38N4. The minimum Gasteiger partial charge on any atom is -0.322 e. The quantitative estimate of drug-likeness (QED) is 0.180. The smallest absolute Gasteiger partial charge is 0.137 e. The highest BCUT2D eigenvalue weighted by atomic mass is 15.2. The molecule has 1 heterocycles. The lowest BCUT2D eigenvalue weighted by atomic mass is 9.87. The number of hydrogen-bond donors (Lipinski definition) is 1. The van der Waals surface area contributed by atoms with Crippen LogP contribution in [0.15, 0.2) is 146 Å². The Balaban J connectivity index is 1.53. The lowest BCUT2D eigenvalue weighted by Crippen LogP contribution is -2.28. The first-order valence-corrected chi connectivity index (χ1v) is 16.5. The van der Waals surface area contributed by atoms with E-state index in [2.05, 4.69) is 171 Å². The first kappa shape index (κ1) is 29.7. The summed E-state index contributed by atoms with van der Waals surface area (Å²) in [6, 6.07) is 50.2. The summed E-state index contributed by atoms with van der Waals surface area (Å²) < 4.78 is 0. The van der Waals surface area contributed by atoms with Gasteiger partial charge in [0, 0.05) is 45.0 Å². The molecule has 0 radical (unpaired) electrons. The molecule has 1 aromatic heterocycles. The summed E-state index contributed by atoms with van der Waals surface area (Å²) in [6.07, 6.45) is 1.87. The molecule has 48 heavy (non-hydrogen) atoms. The van der Waals surface area contributed by atoms with Gasteiger partial charge in [-0.15, -0.1) is 0 Å². The Morgan fingerprint density at radius 1 is 0.521 bits per heavy atom. The Kier molecular flexibility index (Phi) is 7.12. The third kappa shape index (κ3) is 5.11. The van der Waals surface area contributed by atoms with Crippen LogP contribution in [-0.4, -0.2) is 4.98 Å². The van der Waals surface area contributed by atoms with Crippen molar-refractivity contribution in [1.82, 2.24) is 4.98 Å². The third-order valence-corrected chi connectivity index (χ3v) is 9.38. The number of hydrogen-bond acceptors (Lipinski definition) is 4. The van der Waals surface area contributed by atoms with E-state index in [1.54, 1.807) is 0 Å². The number of benzene rings is 7. The molecule has 0 spiro atoms. The molecule has 0 fully saturated rings. The maximum absolute atomic E-state index is 6.66. The molecule has 0 saturated heterocycles. The zero-order chi connectivity index (χ0) is 33.0. The summed E-state index contributed by atoms with van der Waals surface area (Å²) in [6.45, 7) is 8.40. The number of anilines is 6. The molecule has 4 heteroatoms. The normalized spacial score (nSPS) is 11.9. The van der Waals surface area contributed by atoms with Crippen LogP contribution in [0.5, 0.6) is 0 Å². The fourth-order valence-electron chi connectivity index (χ4n) is 6.89. The van der Waals surface area contributed by atoms with Gasteiger partial charge in [0.15, 0.2) is 0 Å². The number of aryl methyl sites for hydroxylation is 2. The van der Waals surface area contributed by atoms with Crippen molar-refractivity contribution in [2.24, 2.45) is 5.73 Å². The number of nitrogens with two attached hydrogens (primary N) is 1. The SMILES string of the molecule is Cc1ccc(N(c2ccccc2)c2cc(N(c3ccc(C)cc3)c3ccccn3)c3ccc4cc(C(C)(C)N)cc5ccc2c3c54)cc1.